The zero-order valence-corrected chi connectivity index (χ0v) is 6.37. The van der Waals surface area contributed by atoms with Crippen LogP contribution in [0.15, 0.2) is 21.7 Å². The summed E-state index contributed by atoms with van der Waals surface area (Å²) in [6.45, 7) is 2.00. The summed E-state index contributed by atoms with van der Waals surface area (Å²) in [7, 11) is 0. The molecule has 4 N–H and O–H groups in total. The lowest BCUT2D eigenvalue weighted by Crippen LogP contribution is -2.14. The smallest absolute Gasteiger partial charge is 0.186 e. The van der Waals surface area contributed by atoms with Crippen molar-refractivity contribution in [1.82, 2.24) is 0 Å². The Morgan fingerprint density at radius 1 is 1.64 bits per heavy atom. The SMILES string of the molecule is CCc1ccc(/C(N)=N/N)o1. The molecule has 0 amide bonds. The second-order valence-electron chi connectivity index (χ2n) is 2.13. The number of amidine groups is 1. The minimum absolute atomic E-state index is 0.227. The number of hydrogen-bond donors (Lipinski definition) is 2. The largest absolute Gasteiger partial charge is 0.458 e. The number of rotatable bonds is 2. The maximum Gasteiger partial charge on any atom is 0.186 e. The lowest BCUT2D eigenvalue weighted by atomic mass is 10.3. The van der Waals surface area contributed by atoms with Gasteiger partial charge in [-0.1, -0.05) is 6.92 Å². The summed E-state index contributed by atoms with van der Waals surface area (Å²) >= 11 is 0. The van der Waals surface area contributed by atoms with Gasteiger partial charge in [0, 0.05) is 6.42 Å². The van der Waals surface area contributed by atoms with Crippen LogP contribution in [0.1, 0.15) is 18.4 Å². The highest BCUT2D eigenvalue weighted by atomic mass is 16.3. The maximum absolute atomic E-state index is 5.39. The van der Waals surface area contributed by atoms with E-state index in [1.165, 1.54) is 0 Å². The van der Waals surface area contributed by atoms with E-state index in [1.807, 2.05) is 13.0 Å². The van der Waals surface area contributed by atoms with Crippen molar-refractivity contribution in [2.75, 3.05) is 0 Å². The van der Waals surface area contributed by atoms with E-state index in [-0.39, 0.29) is 5.84 Å². The van der Waals surface area contributed by atoms with Crippen LogP contribution in [0.5, 0.6) is 0 Å². The highest BCUT2D eigenvalue weighted by Crippen LogP contribution is 2.07. The van der Waals surface area contributed by atoms with E-state index in [1.54, 1.807) is 6.07 Å². The van der Waals surface area contributed by atoms with Crippen LogP contribution in [0.4, 0.5) is 0 Å². The minimum atomic E-state index is 0.227. The van der Waals surface area contributed by atoms with E-state index in [0.29, 0.717) is 5.76 Å². The number of hydrazone groups is 1. The Bertz CT molecular complexity index is 264. The Balaban J connectivity index is 2.89. The van der Waals surface area contributed by atoms with Gasteiger partial charge in [-0.25, -0.2) is 0 Å². The Hall–Kier alpha value is -1.45. The normalized spacial score (nSPS) is 11.9. The first kappa shape index (κ1) is 7.65. The van der Waals surface area contributed by atoms with E-state index in [0.717, 1.165) is 12.2 Å². The van der Waals surface area contributed by atoms with E-state index in [9.17, 15) is 0 Å². The fourth-order valence-electron chi connectivity index (χ4n) is 0.769. The zero-order chi connectivity index (χ0) is 8.27. The zero-order valence-electron chi connectivity index (χ0n) is 6.37. The fraction of sp³-hybridized carbons (Fsp3) is 0.286. The molecular formula is C7H11N3O. The molecular weight excluding hydrogens is 142 g/mol. The predicted octanol–water partition coefficient (Wildman–Crippen LogP) is 0.421. The molecule has 0 aromatic carbocycles. The number of aryl methyl sites for hydroxylation is 1. The summed E-state index contributed by atoms with van der Waals surface area (Å²) in [5, 5.41) is 3.31. The van der Waals surface area contributed by atoms with Crippen LogP contribution in [0, 0.1) is 0 Å². The third-order valence-corrected chi connectivity index (χ3v) is 1.40. The van der Waals surface area contributed by atoms with E-state index < -0.39 is 0 Å². The Kier molecular flexibility index (Phi) is 2.15. The van der Waals surface area contributed by atoms with Gasteiger partial charge in [-0.3, -0.25) is 0 Å². The van der Waals surface area contributed by atoms with Crippen molar-refractivity contribution in [2.24, 2.45) is 16.7 Å². The summed E-state index contributed by atoms with van der Waals surface area (Å²) in [6.07, 6.45) is 0.845. The molecule has 0 aliphatic heterocycles. The van der Waals surface area contributed by atoms with Crippen molar-refractivity contribution in [1.29, 1.82) is 0 Å². The van der Waals surface area contributed by atoms with E-state index >= 15 is 0 Å². The number of furan rings is 1. The van der Waals surface area contributed by atoms with Crippen molar-refractivity contribution in [3.05, 3.63) is 23.7 Å². The molecule has 1 heterocycles. The van der Waals surface area contributed by atoms with Gasteiger partial charge in [0.05, 0.1) is 0 Å². The van der Waals surface area contributed by atoms with Crippen molar-refractivity contribution in [2.45, 2.75) is 13.3 Å². The highest BCUT2D eigenvalue weighted by molar-refractivity contribution is 5.94. The van der Waals surface area contributed by atoms with Gasteiger partial charge < -0.3 is 16.0 Å². The van der Waals surface area contributed by atoms with Gasteiger partial charge in [0.15, 0.2) is 11.6 Å². The van der Waals surface area contributed by atoms with Crippen molar-refractivity contribution < 1.29 is 4.42 Å². The van der Waals surface area contributed by atoms with Crippen LogP contribution in [0.3, 0.4) is 0 Å². The van der Waals surface area contributed by atoms with Crippen molar-refractivity contribution in [3.63, 3.8) is 0 Å². The van der Waals surface area contributed by atoms with Gasteiger partial charge in [-0.05, 0) is 12.1 Å². The number of nitrogens with two attached hydrogens (primary N) is 2. The topological polar surface area (TPSA) is 77.5 Å². The third kappa shape index (κ3) is 1.52. The molecule has 0 bridgehead atoms. The molecule has 0 spiro atoms. The lowest BCUT2D eigenvalue weighted by molar-refractivity contribution is 0.507. The van der Waals surface area contributed by atoms with Crippen LogP contribution in [0.2, 0.25) is 0 Å². The summed E-state index contributed by atoms with van der Waals surface area (Å²) in [6, 6.07) is 3.61. The minimum Gasteiger partial charge on any atom is -0.458 e. The van der Waals surface area contributed by atoms with Crippen LogP contribution < -0.4 is 11.6 Å². The number of hydrogen-bond acceptors (Lipinski definition) is 3. The average molecular weight is 153 g/mol. The molecule has 1 aromatic heterocycles. The first-order valence-electron chi connectivity index (χ1n) is 3.40. The Labute approximate surface area is 64.9 Å². The van der Waals surface area contributed by atoms with Gasteiger partial charge in [0.1, 0.15) is 5.76 Å². The summed E-state index contributed by atoms with van der Waals surface area (Å²) in [5.41, 5.74) is 5.39. The Morgan fingerprint density at radius 2 is 2.36 bits per heavy atom. The molecule has 4 nitrogen and oxygen atoms in total. The molecule has 0 atom stereocenters. The lowest BCUT2D eigenvalue weighted by Gasteiger charge is -1.91. The molecule has 4 heteroatoms. The number of nitrogens with zero attached hydrogens (tertiary/aromatic N) is 1. The van der Waals surface area contributed by atoms with E-state index in [4.69, 9.17) is 16.0 Å². The molecule has 1 aromatic rings. The maximum atomic E-state index is 5.39. The molecule has 0 radical (unpaired) electrons. The molecule has 0 saturated heterocycles. The van der Waals surface area contributed by atoms with Gasteiger partial charge in [-0.2, -0.15) is 5.10 Å². The predicted molar refractivity (Wildman–Crippen MR) is 43.0 cm³/mol. The van der Waals surface area contributed by atoms with Crippen molar-refractivity contribution >= 4 is 5.84 Å². The van der Waals surface area contributed by atoms with Crippen LogP contribution in [-0.2, 0) is 6.42 Å². The molecule has 0 fully saturated rings. The molecule has 0 aliphatic carbocycles. The average Bonchev–Trinajstić information content (AvgIpc) is 2.50. The van der Waals surface area contributed by atoms with E-state index in [2.05, 4.69) is 5.10 Å². The second-order valence-corrected chi connectivity index (χ2v) is 2.13. The summed E-state index contributed by atoms with van der Waals surface area (Å²) in [4.78, 5) is 0. The summed E-state index contributed by atoms with van der Waals surface area (Å²) in [5.74, 6) is 6.60. The highest BCUT2D eigenvalue weighted by Gasteiger charge is 2.02. The molecule has 60 valence electrons. The molecule has 11 heavy (non-hydrogen) atoms. The van der Waals surface area contributed by atoms with Gasteiger partial charge >= 0.3 is 0 Å². The first-order chi connectivity index (χ1) is 5.27. The molecule has 0 unspecified atom stereocenters. The van der Waals surface area contributed by atoms with Crippen LogP contribution >= 0.6 is 0 Å². The third-order valence-electron chi connectivity index (χ3n) is 1.40. The second kappa shape index (κ2) is 3.09. The van der Waals surface area contributed by atoms with Crippen LogP contribution in [-0.4, -0.2) is 5.84 Å². The van der Waals surface area contributed by atoms with Gasteiger partial charge in [0.25, 0.3) is 0 Å². The molecule has 0 saturated carbocycles. The van der Waals surface area contributed by atoms with Gasteiger partial charge in [-0.15, -0.1) is 0 Å². The quantitative estimate of drug-likeness (QED) is 0.280. The first-order valence-corrected chi connectivity index (χ1v) is 3.40. The molecule has 1 rings (SSSR count). The molecule has 0 aliphatic rings. The Morgan fingerprint density at radius 3 is 2.82 bits per heavy atom. The van der Waals surface area contributed by atoms with Crippen LogP contribution in [0.25, 0.3) is 0 Å². The monoisotopic (exact) mass is 153 g/mol. The van der Waals surface area contributed by atoms with Crippen molar-refractivity contribution in [3.8, 4) is 0 Å². The fourth-order valence-corrected chi connectivity index (χ4v) is 0.769. The standard InChI is InChI=1S/C7H11N3O/c1-2-5-3-4-6(11-5)7(8)10-9/h3-4H,2,9H2,1H3,(H2,8,10). The summed E-state index contributed by atoms with van der Waals surface area (Å²) < 4.78 is 5.25. The van der Waals surface area contributed by atoms with Gasteiger partial charge in [0.2, 0.25) is 0 Å².